The number of benzene rings is 3. The summed E-state index contributed by atoms with van der Waals surface area (Å²) in [6, 6.07) is 22.4. The first kappa shape index (κ1) is 24.7. The summed E-state index contributed by atoms with van der Waals surface area (Å²) in [5.41, 5.74) is 8.39. The Hall–Kier alpha value is -3.98. The second-order valence-electron chi connectivity index (χ2n) is 6.90. The van der Waals surface area contributed by atoms with E-state index in [1.165, 1.54) is 18.9 Å². The van der Waals surface area contributed by atoms with Crippen LogP contribution in [0.5, 0.6) is 17.2 Å². The normalized spacial score (nSPS) is 11.3. The summed E-state index contributed by atoms with van der Waals surface area (Å²) in [7, 11) is 3.06. The van der Waals surface area contributed by atoms with Gasteiger partial charge in [0, 0.05) is 5.75 Å². The number of para-hydroxylation sites is 2. The Kier molecular flexibility index (Phi) is 9.36. The Balaban J connectivity index is 1.54. The zero-order valence-corrected chi connectivity index (χ0v) is 19.7. The summed E-state index contributed by atoms with van der Waals surface area (Å²) < 4.78 is 16.3. The maximum Gasteiger partial charge on any atom is 0.262 e. The molecule has 0 fully saturated rings. The zero-order valence-electron chi connectivity index (χ0n) is 18.9. The molecular formula is C25H26N4O4S. The number of hydrogen-bond donors (Lipinski definition) is 2. The average molecular weight is 479 g/mol. The molecule has 3 aromatic carbocycles. The molecule has 9 heteroatoms. The molecule has 0 bridgehead atoms. The van der Waals surface area contributed by atoms with E-state index >= 15 is 0 Å². The van der Waals surface area contributed by atoms with Gasteiger partial charge in [-0.25, -0.2) is 0 Å². The quantitative estimate of drug-likeness (QED) is 0.256. The standard InChI is InChI=1S/C25H26N4O4S/c1-31-21-11-7-6-10-20(21)28-24(30)16-33-22-13-12-19(14-23(22)32-2)15-27-29-25(26)34-17-18-8-4-3-5-9-18/h3-15H,16-17H2,1-2H3,(H2,26,29)(H,28,30). The number of nitrogens with two attached hydrogens (primary N) is 1. The predicted molar refractivity (Wildman–Crippen MR) is 137 cm³/mol. The lowest BCUT2D eigenvalue weighted by Gasteiger charge is -2.12. The van der Waals surface area contributed by atoms with Crippen LogP contribution < -0.4 is 25.3 Å². The van der Waals surface area contributed by atoms with Crippen molar-refractivity contribution in [1.29, 1.82) is 0 Å². The van der Waals surface area contributed by atoms with Crippen LogP contribution in [0.15, 0.2) is 83.0 Å². The molecule has 0 aliphatic rings. The number of amidine groups is 1. The number of anilines is 1. The fraction of sp³-hybridized carbons (Fsp3) is 0.160. The van der Waals surface area contributed by atoms with Gasteiger partial charge < -0.3 is 25.3 Å². The third kappa shape index (κ3) is 7.56. The number of thioether (sulfide) groups is 1. The predicted octanol–water partition coefficient (Wildman–Crippen LogP) is 4.30. The van der Waals surface area contributed by atoms with Gasteiger partial charge in [-0.1, -0.05) is 54.2 Å². The van der Waals surface area contributed by atoms with Crippen LogP contribution in [0.25, 0.3) is 0 Å². The number of carbonyl (C=O) groups excluding carboxylic acids is 1. The van der Waals surface area contributed by atoms with E-state index in [4.69, 9.17) is 19.9 Å². The molecule has 3 rings (SSSR count). The molecular weight excluding hydrogens is 452 g/mol. The summed E-state index contributed by atoms with van der Waals surface area (Å²) >= 11 is 1.41. The molecule has 1 amide bonds. The molecule has 176 valence electrons. The van der Waals surface area contributed by atoms with Crippen molar-refractivity contribution >= 4 is 34.7 Å². The van der Waals surface area contributed by atoms with E-state index in [-0.39, 0.29) is 12.5 Å². The van der Waals surface area contributed by atoms with Crippen molar-refractivity contribution in [1.82, 2.24) is 0 Å². The van der Waals surface area contributed by atoms with Gasteiger partial charge in [0.2, 0.25) is 0 Å². The molecule has 0 unspecified atom stereocenters. The van der Waals surface area contributed by atoms with Gasteiger partial charge >= 0.3 is 0 Å². The molecule has 0 atom stereocenters. The highest BCUT2D eigenvalue weighted by Gasteiger charge is 2.10. The highest BCUT2D eigenvalue weighted by molar-refractivity contribution is 8.13. The van der Waals surface area contributed by atoms with E-state index in [1.54, 1.807) is 43.7 Å². The Morgan fingerprint density at radius 2 is 1.71 bits per heavy atom. The molecule has 3 N–H and O–H groups in total. The van der Waals surface area contributed by atoms with E-state index in [0.29, 0.717) is 28.1 Å². The Morgan fingerprint density at radius 1 is 0.971 bits per heavy atom. The van der Waals surface area contributed by atoms with Crippen LogP contribution in [-0.4, -0.2) is 38.1 Å². The van der Waals surface area contributed by atoms with Crippen molar-refractivity contribution in [3.8, 4) is 17.2 Å². The lowest BCUT2D eigenvalue weighted by Crippen LogP contribution is -2.20. The molecule has 0 saturated heterocycles. The lowest BCUT2D eigenvalue weighted by atomic mass is 10.2. The maximum absolute atomic E-state index is 12.3. The molecule has 34 heavy (non-hydrogen) atoms. The molecule has 0 aliphatic carbocycles. The minimum absolute atomic E-state index is 0.193. The van der Waals surface area contributed by atoms with Gasteiger partial charge in [-0.3, -0.25) is 4.79 Å². The first-order valence-electron chi connectivity index (χ1n) is 10.4. The van der Waals surface area contributed by atoms with Crippen LogP contribution in [0.2, 0.25) is 0 Å². The molecule has 0 aliphatic heterocycles. The fourth-order valence-corrected chi connectivity index (χ4v) is 3.49. The molecule has 0 heterocycles. The van der Waals surface area contributed by atoms with Crippen molar-refractivity contribution in [2.24, 2.45) is 15.9 Å². The van der Waals surface area contributed by atoms with Gasteiger partial charge in [-0.15, -0.1) is 5.10 Å². The zero-order chi connectivity index (χ0) is 24.2. The minimum Gasteiger partial charge on any atom is -0.495 e. The fourth-order valence-electron chi connectivity index (χ4n) is 2.87. The SMILES string of the molecule is COc1ccccc1NC(=O)COc1ccc(C=NN=C(N)SCc2ccccc2)cc1OC. The number of nitrogens with one attached hydrogen (secondary N) is 1. The summed E-state index contributed by atoms with van der Waals surface area (Å²) in [5, 5.41) is 11.2. The van der Waals surface area contributed by atoms with E-state index in [0.717, 1.165) is 16.9 Å². The van der Waals surface area contributed by atoms with Crippen molar-refractivity contribution in [3.05, 3.63) is 83.9 Å². The summed E-state index contributed by atoms with van der Waals surface area (Å²) in [6.07, 6.45) is 1.57. The third-order valence-corrected chi connectivity index (χ3v) is 5.38. The minimum atomic E-state index is -0.324. The highest BCUT2D eigenvalue weighted by Crippen LogP contribution is 2.28. The monoisotopic (exact) mass is 478 g/mol. The van der Waals surface area contributed by atoms with Gasteiger partial charge in [0.1, 0.15) is 5.75 Å². The number of ether oxygens (including phenoxy) is 3. The Labute approximate surface area is 202 Å². The summed E-state index contributed by atoms with van der Waals surface area (Å²) in [4.78, 5) is 12.3. The smallest absolute Gasteiger partial charge is 0.262 e. The number of rotatable bonds is 10. The molecule has 3 aromatic rings. The molecule has 0 saturated carbocycles. The first-order valence-corrected chi connectivity index (χ1v) is 11.3. The second-order valence-corrected chi connectivity index (χ2v) is 7.90. The van der Waals surface area contributed by atoms with Crippen LogP contribution in [0.3, 0.4) is 0 Å². The van der Waals surface area contributed by atoms with Gasteiger partial charge in [-0.2, -0.15) is 5.10 Å². The number of methoxy groups -OCH3 is 2. The van der Waals surface area contributed by atoms with E-state index in [2.05, 4.69) is 15.5 Å². The van der Waals surface area contributed by atoms with Crippen LogP contribution in [-0.2, 0) is 10.5 Å². The van der Waals surface area contributed by atoms with Gasteiger partial charge in [0.15, 0.2) is 23.3 Å². The number of hydrogen-bond acceptors (Lipinski definition) is 7. The van der Waals surface area contributed by atoms with E-state index in [1.807, 2.05) is 42.5 Å². The topological polar surface area (TPSA) is 108 Å². The van der Waals surface area contributed by atoms with Gasteiger partial charge in [-0.05, 0) is 41.5 Å². The van der Waals surface area contributed by atoms with Crippen LogP contribution in [0.1, 0.15) is 11.1 Å². The lowest BCUT2D eigenvalue weighted by molar-refractivity contribution is -0.118. The largest absolute Gasteiger partial charge is 0.495 e. The third-order valence-electron chi connectivity index (χ3n) is 4.52. The van der Waals surface area contributed by atoms with Crippen LogP contribution >= 0.6 is 11.8 Å². The van der Waals surface area contributed by atoms with Crippen molar-refractivity contribution in [3.63, 3.8) is 0 Å². The summed E-state index contributed by atoms with van der Waals surface area (Å²) in [6.45, 7) is -0.193. The first-order chi connectivity index (χ1) is 16.6. The van der Waals surface area contributed by atoms with Crippen molar-refractivity contribution < 1.29 is 19.0 Å². The maximum atomic E-state index is 12.3. The van der Waals surface area contributed by atoms with Crippen molar-refractivity contribution in [2.45, 2.75) is 5.75 Å². The van der Waals surface area contributed by atoms with Crippen LogP contribution in [0, 0.1) is 0 Å². The second kappa shape index (κ2) is 12.9. The van der Waals surface area contributed by atoms with Crippen LogP contribution in [0.4, 0.5) is 5.69 Å². The Morgan fingerprint density at radius 3 is 2.47 bits per heavy atom. The Bertz CT molecular complexity index is 1150. The van der Waals surface area contributed by atoms with E-state index < -0.39 is 0 Å². The van der Waals surface area contributed by atoms with E-state index in [9.17, 15) is 4.79 Å². The number of nitrogens with zero attached hydrogens (tertiary/aromatic N) is 2. The molecule has 8 nitrogen and oxygen atoms in total. The molecule has 0 aromatic heterocycles. The number of carbonyl (C=O) groups is 1. The highest BCUT2D eigenvalue weighted by atomic mass is 32.2. The molecule has 0 spiro atoms. The average Bonchev–Trinajstić information content (AvgIpc) is 2.87. The van der Waals surface area contributed by atoms with Gasteiger partial charge in [0.05, 0.1) is 26.1 Å². The number of amides is 1. The summed E-state index contributed by atoms with van der Waals surface area (Å²) in [5.74, 6) is 1.85. The molecule has 0 radical (unpaired) electrons. The van der Waals surface area contributed by atoms with Crippen molar-refractivity contribution in [2.75, 3.05) is 26.1 Å². The van der Waals surface area contributed by atoms with Gasteiger partial charge in [0.25, 0.3) is 5.91 Å².